The molecule has 1 amide bonds. The molecule has 0 unspecified atom stereocenters. The summed E-state index contributed by atoms with van der Waals surface area (Å²) in [4.78, 5) is 11.0. The van der Waals surface area contributed by atoms with Crippen LogP contribution >= 0.6 is 0 Å². The first-order chi connectivity index (χ1) is 10.2. The van der Waals surface area contributed by atoms with Gasteiger partial charge in [0.15, 0.2) is 0 Å². The molecule has 0 radical (unpaired) electrons. The molecule has 2 N–H and O–H groups in total. The lowest BCUT2D eigenvalue weighted by atomic mass is 10.1. The second-order valence-corrected chi connectivity index (χ2v) is 5.23. The van der Waals surface area contributed by atoms with Gasteiger partial charge in [0.2, 0.25) is 5.91 Å². The molecule has 116 valence electrons. The van der Waals surface area contributed by atoms with Gasteiger partial charge in [0.1, 0.15) is 5.75 Å². The lowest BCUT2D eigenvalue weighted by molar-refractivity contribution is -0.114. The van der Waals surface area contributed by atoms with Crippen LogP contribution in [0, 0.1) is 0 Å². The van der Waals surface area contributed by atoms with Gasteiger partial charge in [0.25, 0.3) is 0 Å². The number of nitrogens with one attached hydrogen (secondary N) is 2. The predicted molar refractivity (Wildman–Crippen MR) is 82.7 cm³/mol. The number of hydrogen-bond donors (Lipinski definition) is 2. The van der Waals surface area contributed by atoms with Crippen LogP contribution in [0.5, 0.6) is 5.75 Å². The summed E-state index contributed by atoms with van der Waals surface area (Å²) in [5, 5.41) is 6.06. The number of piperidine rings is 1. The molecule has 0 atom stereocenters. The van der Waals surface area contributed by atoms with E-state index in [0.717, 1.165) is 50.4 Å². The number of benzene rings is 1. The number of anilines is 1. The van der Waals surface area contributed by atoms with Gasteiger partial charge < -0.3 is 20.1 Å². The molecule has 2 rings (SSSR count). The van der Waals surface area contributed by atoms with Gasteiger partial charge >= 0.3 is 0 Å². The van der Waals surface area contributed by atoms with E-state index in [4.69, 9.17) is 9.47 Å². The van der Waals surface area contributed by atoms with Crippen LogP contribution in [0.4, 0.5) is 5.69 Å². The highest BCUT2D eigenvalue weighted by Gasteiger charge is 2.12. The predicted octanol–water partition coefficient (Wildman–Crippen LogP) is 2.18. The maximum atomic E-state index is 11.0. The Morgan fingerprint density at radius 1 is 1.33 bits per heavy atom. The topological polar surface area (TPSA) is 59.6 Å². The minimum absolute atomic E-state index is 0.0810. The number of hydrogen-bond acceptors (Lipinski definition) is 4. The van der Waals surface area contributed by atoms with Gasteiger partial charge in [-0.2, -0.15) is 0 Å². The average molecular weight is 292 g/mol. The third-order valence-corrected chi connectivity index (χ3v) is 3.35. The molecule has 0 saturated carbocycles. The lowest BCUT2D eigenvalue weighted by Crippen LogP contribution is -2.32. The van der Waals surface area contributed by atoms with Gasteiger partial charge in [0.05, 0.1) is 19.3 Å². The number of amides is 1. The Bertz CT molecular complexity index is 445. The van der Waals surface area contributed by atoms with E-state index >= 15 is 0 Å². The van der Waals surface area contributed by atoms with Gasteiger partial charge in [-0.1, -0.05) is 6.07 Å². The largest absolute Gasteiger partial charge is 0.493 e. The highest BCUT2D eigenvalue weighted by molar-refractivity contribution is 5.88. The maximum Gasteiger partial charge on any atom is 0.221 e. The smallest absolute Gasteiger partial charge is 0.221 e. The Kier molecular flexibility index (Phi) is 6.50. The van der Waals surface area contributed by atoms with Crippen molar-refractivity contribution in [1.29, 1.82) is 0 Å². The van der Waals surface area contributed by atoms with Crippen LogP contribution in [0.15, 0.2) is 24.3 Å². The molecule has 0 bridgehead atoms. The first kappa shape index (κ1) is 15.8. The molecule has 0 aromatic heterocycles. The van der Waals surface area contributed by atoms with Crippen molar-refractivity contribution in [3.63, 3.8) is 0 Å². The zero-order valence-electron chi connectivity index (χ0n) is 12.6. The van der Waals surface area contributed by atoms with Crippen LogP contribution in [0.2, 0.25) is 0 Å². The highest BCUT2D eigenvalue weighted by atomic mass is 16.5. The van der Waals surface area contributed by atoms with Gasteiger partial charge in [-0.25, -0.2) is 0 Å². The molecular weight excluding hydrogens is 268 g/mol. The SMILES string of the molecule is CC(=O)Nc1cccc(OCCCOC2CCNCC2)c1. The Balaban J connectivity index is 1.62. The van der Waals surface area contributed by atoms with Gasteiger partial charge in [-0.3, -0.25) is 4.79 Å². The second kappa shape index (κ2) is 8.64. The standard InChI is InChI=1S/C16H24N2O3/c1-13(19)18-14-4-2-5-16(12-14)21-11-3-10-20-15-6-8-17-9-7-15/h2,4-5,12,15,17H,3,6-11H2,1H3,(H,18,19). The fraction of sp³-hybridized carbons (Fsp3) is 0.562. The van der Waals surface area contributed by atoms with Crippen molar-refractivity contribution in [2.24, 2.45) is 0 Å². The maximum absolute atomic E-state index is 11.0. The zero-order chi connectivity index (χ0) is 14.9. The molecule has 1 aromatic rings. The summed E-state index contributed by atoms with van der Waals surface area (Å²) in [6.07, 6.45) is 3.46. The van der Waals surface area contributed by atoms with E-state index in [1.807, 2.05) is 24.3 Å². The average Bonchev–Trinajstić information content (AvgIpc) is 2.48. The van der Waals surface area contributed by atoms with E-state index in [0.29, 0.717) is 12.7 Å². The van der Waals surface area contributed by atoms with Crippen molar-refractivity contribution in [1.82, 2.24) is 5.32 Å². The fourth-order valence-electron chi connectivity index (χ4n) is 2.33. The summed E-state index contributed by atoms with van der Waals surface area (Å²) >= 11 is 0. The van der Waals surface area contributed by atoms with E-state index in [1.54, 1.807) is 0 Å². The Labute approximate surface area is 126 Å². The number of rotatable bonds is 7. The van der Waals surface area contributed by atoms with Crippen molar-refractivity contribution in [3.8, 4) is 5.75 Å². The van der Waals surface area contributed by atoms with Gasteiger partial charge in [-0.15, -0.1) is 0 Å². The summed E-state index contributed by atoms with van der Waals surface area (Å²) in [6, 6.07) is 7.43. The molecular formula is C16H24N2O3. The summed E-state index contributed by atoms with van der Waals surface area (Å²) in [6.45, 7) is 4.95. The molecule has 1 aliphatic rings. The molecule has 5 nitrogen and oxygen atoms in total. The van der Waals surface area contributed by atoms with Gasteiger partial charge in [0, 0.05) is 25.1 Å². The van der Waals surface area contributed by atoms with Crippen LogP contribution in [0.1, 0.15) is 26.2 Å². The van der Waals surface area contributed by atoms with E-state index in [2.05, 4.69) is 10.6 Å². The first-order valence-corrected chi connectivity index (χ1v) is 7.57. The molecule has 1 saturated heterocycles. The third-order valence-electron chi connectivity index (χ3n) is 3.35. The number of carbonyl (C=O) groups is 1. The Morgan fingerprint density at radius 3 is 2.90 bits per heavy atom. The van der Waals surface area contributed by atoms with Crippen LogP contribution < -0.4 is 15.4 Å². The molecule has 1 aliphatic heterocycles. The molecule has 1 heterocycles. The van der Waals surface area contributed by atoms with Crippen LogP contribution in [-0.2, 0) is 9.53 Å². The van der Waals surface area contributed by atoms with Crippen LogP contribution in [0.3, 0.4) is 0 Å². The molecule has 5 heteroatoms. The number of carbonyl (C=O) groups excluding carboxylic acids is 1. The summed E-state index contributed by atoms with van der Waals surface area (Å²) in [7, 11) is 0. The van der Waals surface area contributed by atoms with Gasteiger partial charge in [-0.05, 0) is 38.1 Å². The van der Waals surface area contributed by atoms with Crippen molar-refractivity contribution >= 4 is 11.6 Å². The quantitative estimate of drug-likeness (QED) is 0.756. The molecule has 0 spiro atoms. The molecule has 21 heavy (non-hydrogen) atoms. The van der Waals surface area contributed by atoms with E-state index in [1.165, 1.54) is 6.92 Å². The van der Waals surface area contributed by atoms with E-state index in [-0.39, 0.29) is 5.91 Å². The van der Waals surface area contributed by atoms with Crippen molar-refractivity contribution in [2.75, 3.05) is 31.6 Å². The molecule has 1 aromatic carbocycles. The fourth-order valence-corrected chi connectivity index (χ4v) is 2.33. The number of ether oxygens (including phenoxy) is 2. The highest BCUT2D eigenvalue weighted by Crippen LogP contribution is 2.17. The summed E-state index contributed by atoms with van der Waals surface area (Å²) in [5.41, 5.74) is 0.756. The third kappa shape index (κ3) is 6.14. The summed E-state index contributed by atoms with van der Waals surface area (Å²) < 4.78 is 11.5. The summed E-state index contributed by atoms with van der Waals surface area (Å²) in [5.74, 6) is 0.686. The van der Waals surface area contributed by atoms with Crippen LogP contribution in [0.25, 0.3) is 0 Å². The minimum atomic E-state index is -0.0810. The zero-order valence-corrected chi connectivity index (χ0v) is 12.6. The Morgan fingerprint density at radius 2 is 2.14 bits per heavy atom. The van der Waals surface area contributed by atoms with E-state index in [9.17, 15) is 4.79 Å². The van der Waals surface area contributed by atoms with Crippen molar-refractivity contribution < 1.29 is 14.3 Å². The first-order valence-electron chi connectivity index (χ1n) is 7.57. The molecule has 1 fully saturated rings. The minimum Gasteiger partial charge on any atom is -0.493 e. The lowest BCUT2D eigenvalue weighted by Gasteiger charge is -2.22. The Hall–Kier alpha value is -1.59. The monoisotopic (exact) mass is 292 g/mol. The van der Waals surface area contributed by atoms with E-state index < -0.39 is 0 Å². The van der Waals surface area contributed by atoms with Crippen LogP contribution in [-0.4, -0.2) is 38.3 Å². The molecule has 0 aliphatic carbocycles. The second-order valence-electron chi connectivity index (χ2n) is 5.23. The van der Waals surface area contributed by atoms with Crippen molar-refractivity contribution in [3.05, 3.63) is 24.3 Å². The normalized spacial score (nSPS) is 15.7. The van der Waals surface area contributed by atoms with Crippen molar-refractivity contribution in [2.45, 2.75) is 32.3 Å².